The van der Waals surface area contributed by atoms with Gasteiger partial charge in [-0.25, -0.2) is 0 Å². The van der Waals surface area contributed by atoms with Crippen LogP contribution in [0.25, 0.3) is 0 Å². The molecule has 0 bridgehead atoms. The minimum absolute atomic E-state index is 0.0654. The van der Waals surface area contributed by atoms with Crippen LogP contribution in [0.1, 0.15) is 19.7 Å². The van der Waals surface area contributed by atoms with Gasteiger partial charge in [0.1, 0.15) is 0 Å². The van der Waals surface area contributed by atoms with E-state index in [1.165, 1.54) is 4.90 Å². The van der Waals surface area contributed by atoms with E-state index in [0.29, 0.717) is 24.4 Å². The normalized spacial score (nSPS) is 15.2. The van der Waals surface area contributed by atoms with Crippen LogP contribution in [-0.2, 0) is 4.79 Å². The fraction of sp³-hybridized carbons (Fsp3) is 0.636. The van der Waals surface area contributed by atoms with Crippen LogP contribution in [0.15, 0.2) is 9.41 Å². The number of likely N-dealkylation sites (N-methyl/N-ethyl adjacent to an activating group) is 1. The van der Waals surface area contributed by atoms with Crippen LogP contribution in [0.2, 0.25) is 0 Å². The van der Waals surface area contributed by atoms with Crippen molar-refractivity contribution in [1.29, 1.82) is 0 Å². The zero-order chi connectivity index (χ0) is 14.8. The van der Waals surface area contributed by atoms with E-state index in [9.17, 15) is 4.79 Å². The number of nitrogens with one attached hydrogen (secondary N) is 2. The highest BCUT2D eigenvalue weighted by molar-refractivity contribution is 6.03. The van der Waals surface area contributed by atoms with Crippen LogP contribution >= 0.6 is 0 Å². The minimum atomic E-state index is 0.0654. The van der Waals surface area contributed by atoms with Gasteiger partial charge < -0.3 is 15.1 Å². The summed E-state index contributed by atoms with van der Waals surface area (Å²) in [7, 11) is 5.08. The van der Waals surface area contributed by atoms with E-state index >= 15 is 0 Å². The van der Waals surface area contributed by atoms with Gasteiger partial charge in [0.25, 0.3) is 0 Å². The molecule has 1 aliphatic rings. The Morgan fingerprint density at radius 1 is 1.42 bits per heavy atom. The van der Waals surface area contributed by atoms with Gasteiger partial charge in [0, 0.05) is 28.1 Å². The smallest absolute Gasteiger partial charge is 0.315 e. The van der Waals surface area contributed by atoms with Crippen molar-refractivity contribution >= 4 is 17.9 Å². The highest BCUT2D eigenvalue weighted by atomic mass is 16.4. The second-order valence-electron chi connectivity index (χ2n) is 3.23. The summed E-state index contributed by atoms with van der Waals surface area (Å²) < 4.78 is 4.90. The number of amides is 1. The number of nitrogens with zero attached hydrogens (tertiary/aromatic N) is 4. The molecule has 0 unspecified atom stereocenters. The van der Waals surface area contributed by atoms with Crippen LogP contribution < -0.4 is 10.6 Å². The van der Waals surface area contributed by atoms with Gasteiger partial charge in [0.05, 0.1) is 6.54 Å². The Morgan fingerprint density at radius 3 is 2.26 bits per heavy atom. The highest BCUT2D eigenvalue weighted by Crippen LogP contribution is 2.00. The second-order valence-corrected chi connectivity index (χ2v) is 3.23. The molecule has 0 aromatic carbocycles. The van der Waals surface area contributed by atoms with Gasteiger partial charge >= 0.3 is 6.01 Å². The number of aromatic nitrogens is 2. The molecule has 0 aliphatic carbocycles. The standard InChI is InChI=1S/C5H9N3O.C4H7N3O.C2H6/c1-6-5-7-3-4(9)8(5)2;1-3-6-7-4(5-2)8-3;1-2/h3H2,1-2H3,(H,6,7);1-2H3,(H,5,7);1-2H3. The Kier molecular flexibility index (Phi) is 7.90. The van der Waals surface area contributed by atoms with Crippen molar-refractivity contribution in [2.24, 2.45) is 4.99 Å². The van der Waals surface area contributed by atoms with E-state index in [1.54, 1.807) is 28.1 Å². The van der Waals surface area contributed by atoms with Gasteiger partial charge in [-0.2, -0.15) is 0 Å². The third-order valence-corrected chi connectivity index (χ3v) is 2.04. The maximum absolute atomic E-state index is 10.7. The van der Waals surface area contributed by atoms with Crippen molar-refractivity contribution < 1.29 is 9.21 Å². The lowest BCUT2D eigenvalue weighted by atomic mass is 10.6. The first kappa shape index (κ1) is 16.9. The van der Waals surface area contributed by atoms with Gasteiger partial charge in [-0.3, -0.25) is 14.7 Å². The lowest BCUT2D eigenvalue weighted by molar-refractivity contribution is -0.123. The molecule has 0 spiro atoms. The number of anilines is 1. The number of carbonyl (C=O) groups excluding carboxylic acids is 1. The molecule has 19 heavy (non-hydrogen) atoms. The van der Waals surface area contributed by atoms with Crippen molar-refractivity contribution in [3.05, 3.63) is 5.89 Å². The van der Waals surface area contributed by atoms with E-state index in [1.807, 2.05) is 13.8 Å². The van der Waals surface area contributed by atoms with E-state index in [4.69, 9.17) is 4.42 Å². The fourth-order valence-corrected chi connectivity index (χ4v) is 1.14. The van der Waals surface area contributed by atoms with Gasteiger partial charge in [-0.1, -0.05) is 18.9 Å². The van der Waals surface area contributed by atoms with Crippen LogP contribution in [0.3, 0.4) is 0 Å². The average molecular weight is 270 g/mol. The van der Waals surface area contributed by atoms with E-state index in [0.717, 1.165) is 0 Å². The van der Waals surface area contributed by atoms with E-state index in [2.05, 4.69) is 25.8 Å². The molecule has 1 aromatic heterocycles. The summed E-state index contributed by atoms with van der Waals surface area (Å²) >= 11 is 0. The van der Waals surface area contributed by atoms with Crippen molar-refractivity contribution in [2.45, 2.75) is 20.8 Å². The molecular formula is C11H22N6O2. The minimum Gasteiger partial charge on any atom is -0.408 e. The summed E-state index contributed by atoms with van der Waals surface area (Å²) in [6.07, 6.45) is 0. The zero-order valence-corrected chi connectivity index (χ0v) is 12.3. The second kappa shape index (κ2) is 8.90. The van der Waals surface area contributed by atoms with Gasteiger partial charge in [-0.05, 0) is 0 Å². The van der Waals surface area contributed by atoms with E-state index < -0.39 is 0 Å². The predicted molar refractivity (Wildman–Crippen MR) is 74.1 cm³/mol. The number of guanidine groups is 1. The molecule has 0 radical (unpaired) electrons. The highest BCUT2D eigenvalue weighted by Gasteiger charge is 2.21. The summed E-state index contributed by atoms with van der Waals surface area (Å²) in [5.41, 5.74) is 0. The molecule has 8 heteroatoms. The molecule has 108 valence electrons. The van der Waals surface area contributed by atoms with Gasteiger partial charge in [0.15, 0.2) is 0 Å². The van der Waals surface area contributed by atoms with Crippen molar-refractivity contribution in [3.8, 4) is 0 Å². The van der Waals surface area contributed by atoms with Crippen LogP contribution in [0.5, 0.6) is 0 Å². The monoisotopic (exact) mass is 270 g/mol. The number of carbonyl (C=O) groups is 1. The number of aryl methyl sites for hydroxylation is 1. The molecule has 0 saturated carbocycles. The predicted octanol–water partition coefficient (Wildman–Crippen LogP) is 0.480. The molecule has 2 N–H and O–H groups in total. The zero-order valence-electron chi connectivity index (χ0n) is 12.3. The van der Waals surface area contributed by atoms with Crippen LogP contribution in [-0.4, -0.2) is 54.7 Å². The maximum Gasteiger partial charge on any atom is 0.315 e. The molecule has 1 amide bonds. The Balaban J connectivity index is 0.000000303. The molecule has 1 aliphatic heterocycles. The summed E-state index contributed by atoms with van der Waals surface area (Å²) in [6.45, 7) is 6.12. The summed E-state index contributed by atoms with van der Waals surface area (Å²) in [4.78, 5) is 16.1. The lowest BCUT2D eigenvalue weighted by Gasteiger charge is -2.05. The average Bonchev–Trinajstić information content (AvgIpc) is 3.00. The summed E-state index contributed by atoms with van der Waals surface area (Å²) in [6, 6.07) is 0.461. The van der Waals surface area contributed by atoms with Gasteiger partial charge in [0.2, 0.25) is 17.8 Å². The first-order valence-electron chi connectivity index (χ1n) is 6.03. The quantitative estimate of drug-likeness (QED) is 0.770. The number of aliphatic imine (C=N–C) groups is 1. The fourth-order valence-electron chi connectivity index (χ4n) is 1.14. The number of hydrogen-bond acceptors (Lipinski definition) is 6. The Labute approximate surface area is 113 Å². The van der Waals surface area contributed by atoms with Crippen molar-refractivity contribution in [1.82, 2.24) is 20.4 Å². The molecule has 8 nitrogen and oxygen atoms in total. The third-order valence-electron chi connectivity index (χ3n) is 2.04. The van der Waals surface area contributed by atoms with Crippen LogP contribution in [0, 0.1) is 6.92 Å². The molecule has 2 heterocycles. The largest absolute Gasteiger partial charge is 0.408 e. The lowest BCUT2D eigenvalue weighted by Crippen LogP contribution is -2.27. The van der Waals surface area contributed by atoms with Crippen molar-refractivity contribution in [3.63, 3.8) is 0 Å². The Bertz CT molecular complexity index is 415. The molecular weight excluding hydrogens is 248 g/mol. The number of hydrogen-bond donors (Lipinski definition) is 2. The molecule has 1 saturated heterocycles. The first-order valence-corrected chi connectivity index (χ1v) is 6.03. The SMILES string of the molecule is CC.CN=C1NCC(=O)N1C.CNc1nnc(C)o1. The van der Waals surface area contributed by atoms with E-state index in [-0.39, 0.29) is 5.91 Å². The molecule has 1 fully saturated rings. The molecule has 1 aromatic rings. The Hall–Kier alpha value is -2.12. The van der Waals surface area contributed by atoms with Crippen molar-refractivity contribution in [2.75, 3.05) is 33.0 Å². The maximum atomic E-state index is 10.7. The molecule has 2 rings (SSSR count). The Morgan fingerprint density at radius 2 is 2.05 bits per heavy atom. The van der Waals surface area contributed by atoms with Crippen LogP contribution in [0.4, 0.5) is 6.01 Å². The topological polar surface area (TPSA) is 95.7 Å². The summed E-state index contributed by atoms with van der Waals surface area (Å²) in [5, 5.41) is 12.8. The summed E-state index contributed by atoms with van der Waals surface area (Å²) in [5.74, 6) is 1.30. The molecule has 0 atom stereocenters. The third kappa shape index (κ3) is 5.36. The first-order chi connectivity index (χ1) is 9.08. The number of rotatable bonds is 1. The van der Waals surface area contributed by atoms with Gasteiger partial charge in [-0.15, -0.1) is 5.10 Å².